The van der Waals surface area contributed by atoms with E-state index in [1.54, 1.807) is 12.3 Å². The van der Waals surface area contributed by atoms with Crippen LogP contribution in [0.3, 0.4) is 0 Å². The molecule has 3 rings (SSSR count). The molecule has 3 aromatic rings. The number of carbonyl (C=O) groups excluding carboxylic acids is 1. The van der Waals surface area contributed by atoms with Crippen LogP contribution >= 0.6 is 15.9 Å². The quantitative estimate of drug-likeness (QED) is 0.451. The molecule has 0 saturated carbocycles. The van der Waals surface area contributed by atoms with Crippen molar-refractivity contribution in [2.45, 2.75) is 6.92 Å². The maximum absolute atomic E-state index is 12.0. The molecule has 0 spiro atoms. The van der Waals surface area contributed by atoms with E-state index in [2.05, 4.69) is 26.2 Å². The zero-order valence-corrected chi connectivity index (χ0v) is 17.6. The summed E-state index contributed by atoms with van der Waals surface area (Å²) in [5, 5.41) is 2.78. The molecule has 0 radical (unpaired) electrons. The molecule has 3 aromatic carbocycles. The summed E-state index contributed by atoms with van der Waals surface area (Å²) in [5.74, 6) is 1.20. The number of halogens is 1. The summed E-state index contributed by atoms with van der Waals surface area (Å²) in [6.07, 6.45) is 1.77. The van der Waals surface area contributed by atoms with E-state index in [0.29, 0.717) is 12.4 Å². The van der Waals surface area contributed by atoms with Crippen LogP contribution in [0.5, 0.6) is 11.5 Å². The van der Waals surface area contributed by atoms with Gasteiger partial charge in [0.15, 0.2) is 6.61 Å². The van der Waals surface area contributed by atoms with Gasteiger partial charge in [0.1, 0.15) is 11.5 Å². The summed E-state index contributed by atoms with van der Waals surface area (Å²) in [4.78, 5) is 16.5. The minimum atomic E-state index is -0.218. The van der Waals surface area contributed by atoms with Gasteiger partial charge in [-0.2, -0.15) is 0 Å². The Morgan fingerprint density at radius 3 is 2.48 bits per heavy atom. The minimum absolute atomic E-state index is 0.0763. The van der Waals surface area contributed by atoms with Crippen LogP contribution in [0.4, 0.5) is 11.4 Å². The molecule has 0 aliphatic rings. The lowest BCUT2D eigenvalue weighted by atomic mass is 10.2. The van der Waals surface area contributed by atoms with Crippen LogP contribution in [0.2, 0.25) is 0 Å². The second-order valence-corrected chi connectivity index (χ2v) is 6.93. The first-order valence-electron chi connectivity index (χ1n) is 9.18. The number of para-hydroxylation sites is 1. The molecule has 0 atom stereocenters. The van der Waals surface area contributed by atoms with Gasteiger partial charge in [-0.25, -0.2) is 0 Å². The monoisotopic (exact) mass is 452 g/mol. The fourth-order valence-corrected chi connectivity index (χ4v) is 3.03. The number of carbonyl (C=O) groups is 1. The summed E-state index contributed by atoms with van der Waals surface area (Å²) in [5.41, 5.74) is 2.48. The van der Waals surface area contributed by atoms with Crippen LogP contribution in [0.15, 0.2) is 82.3 Å². The highest BCUT2D eigenvalue weighted by Gasteiger charge is 2.07. The van der Waals surface area contributed by atoms with E-state index in [9.17, 15) is 4.79 Å². The number of hydrogen-bond donors (Lipinski definition) is 1. The van der Waals surface area contributed by atoms with Gasteiger partial charge in [0, 0.05) is 11.9 Å². The molecule has 0 heterocycles. The first-order chi connectivity index (χ1) is 14.1. The SMILES string of the molecule is CCOc1ccc(N=Cc2ccc(OCC(=O)Nc3ccccc3)c(Br)c2)cc1. The largest absolute Gasteiger partial charge is 0.494 e. The minimum Gasteiger partial charge on any atom is -0.494 e. The Bertz CT molecular complexity index is 973. The average molecular weight is 453 g/mol. The van der Waals surface area contributed by atoms with Crippen molar-refractivity contribution in [2.24, 2.45) is 4.99 Å². The Balaban J connectivity index is 1.56. The average Bonchev–Trinajstić information content (AvgIpc) is 2.73. The first kappa shape index (κ1) is 20.6. The van der Waals surface area contributed by atoms with Crippen LogP contribution in [-0.4, -0.2) is 25.3 Å². The second kappa shape index (κ2) is 10.4. The Morgan fingerprint density at radius 1 is 1.03 bits per heavy atom. The standard InChI is InChI=1S/C23H21BrN2O3/c1-2-28-20-11-9-18(10-12-20)25-15-17-8-13-22(21(24)14-17)29-16-23(27)26-19-6-4-3-5-7-19/h3-15H,2,16H2,1H3,(H,26,27). The highest BCUT2D eigenvalue weighted by Crippen LogP contribution is 2.26. The summed E-state index contributed by atoms with van der Waals surface area (Å²) in [6, 6.07) is 22.4. The van der Waals surface area contributed by atoms with E-state index < -0.39 is 0 Å². The van der Waals surface area contributed by atoms with Gasteiger partial charge in [-0.05, 0) is 83.0 Å². The zero-order valence-electron chi connectivity index (χ0n) is 16.0. The Kier molecular flexibility index (Phi) is 7.41. The number of nitrogens with zero attached hydrogens (tertiary/aromatic N) is 1. The molecule has 6 heteroatoms. The van der Waals surface area contributed by atoms with E-state index in [4.69, 9.17) is 9.47 Å². The van der Waals surface area contributed by atoms with Gasteiger partial charge in [0.05, 0.1) is 16.8 Å². The molecule has 148 valence electrons. The third-order valence-electron chi connectivity index (χ3n) is 3.88. The molecule has 29 heavy (non-hydrogen) atoms. The van der Waals surface area contributed by atoms with Crippen LogP contribution in [0.1, 0.15) is 12.5 Å². The molecule has 0 fully saturated rings. The molecule has 0 aliphatic heterocycles. The molecule has 1 amide bonds. The van der Waals surface area contributed by atoms with Gasteiger partial charge in [-0.1, -0.05) is 18.2 Å². The number of rotatable bonds is 8. The molecule has 0 saturated heterocycles. The number of benzene rings is 3. The highest BCUT2D eigenvalue weighted by atomic mass is 79.9. The van der Waals surface area contributed by atoms with Crippen molar-refractivity contribution in [1.29, 1.82) is 0 Å². The lowest BCUT2D eigenvalue weighted by Gasteiger charge is -2.09. The van der Waals surface area contributed by atoms with Gasteiger partial charge >= 0.3 is 0 Å². The van der Waals surface area contributed by atoms with E-state index in [1.807, 2.05) is 73.7 Å². The van der Waals surface area contributed by atoms with Gasteiger partial charge in [-0.3, -0.25) is 9.79 Å². The molecule has 5 nitrogen and oxygen atoms in total. The van der Waals surface area contributed by atoms with Crippen LogP contribution in [0, 0.1) is 0 Å². The van der Waals surface area contributed by atoms with E-state index >= 15 is 0 Å². The van der Waals surface area contributed by atoms with E-state index in [-0.39, 0.29) is 12.5 Å². The molecular weight excluding hydrogens is 432 g/mol. The zero-order chi connectivity index (χ0) is 20.5. The summed E-state index contributed by atoms with van der Waals surface area (Å²) in [6.45, 7) is 2.51. The molecule has 0 aliphatic carbocycles. The Hall–Kier alpha value is -3.12. The molecule has 0 aromatic heterocycles. The maximum atomic E-state index is 12.0. The van der Waals surface area contributed by atoms with Crippen molar-refractivity contribution < 1.29 is 14.3 Å². The number of aliphatic imine (C=N–C) groups is 1. The smallest absolute Gasteiger partial charge is 0.262 e. The fourth-order valence-electron chi connectivity index (χ4n) is 2.52. The van der Waals surface area contributed by atoms with Gasteiger partial charge < -0.3 is 14.8 Å². The van der Waals surface area contributed by atoms with Crippen molar-refractivity contribution in [3.05, 3.63) is 82.8 Å². The van der Waals surface area contributed by atoms with Crippen LogP contribution in [0.25, 0.3) is 0 Å². The van der Waals surface area contributed by atoms with Crippen LogP contribution < -0.4 is 14.8 Å². The van der Waals surface area contributed by atoms with Gasteiger partial charge in [0.2, 0.25) is 0 Å². The van der Waals surface area contributed by atoms with Gasteiger partial charge in [0.25, 0.3) is 5.91 Å². The summed E-state index contributed by atoms with van der Waals surface area (Å²) >= 11 is 3.48. The number of amides is 1. The highest BCUT2D eigenvalue weighted by molar-refractivity contribution is 9.10. The lowest BCUT2D eigenvalue weighted by molar-refractivity contribution is -0.118. The summed E-state index contributed by atoms with van der Waals surface area (Å²) < 4.78 is 11.8. The molecular formula is C23H21BrN2O3. The topological polar surface area (TPSA) is 59.9 Å². The number of anilines is 1. The van der Waals surface area contributed by atoms with Crippen molar-refractivity contribution in [1.82, 2.24) is 0 Å². The fraction of sp³-hybridized carbons (Fsp3) is 0.130. The predicted octanol–water partition coefficient (Wildman–Crippen LogP) is 5.62. The molecule has 1 N–H and O–H groups in total. The van der Waals surface area contributed by atoms with Crippen molar-refractivity contribution >= 4 is 39.4 Å². The van der Waals surface area contributed by atoms with E-state index in [0.717, 1.165) is 27.2 Å². The van der Waals surface area contributed by atoms with Crippen LogP contribution in [-0.2, 0) is 4.79 Å². The third kappa shape index (κ3) is 6.47. The van der Waals surface area contributed by atoms with Gasteiger partial charge in [-0.15, -0.1) is 0 Å². The Labute approximate surface area is 178 Å². The second-order valence-electron chi connectivity index (χ2n) is 6.08. The number of nitrogens with one attached hydrogen (secondary N) is 1. The lowest BCUT2D eigenvalue weighted by Crippen LogP contribution is -2.20. The van der Waals surface area contributed by atoms with Crippen molar-refractivity contribution in [3.63, 3.8) is 0 Å². The predicted molar refractivity (Wildman–Crippen MR) is 120 cm³/mol. The third-order valence-corrected chi connectivity index (χ3v) is 4.50. The number of ether oxygens (including phenoxy) is 2. The normalized spacial score (nSPS) is 10.7. The van der Waals surface area contributed by atoms with E-state index in [1.165, 1.54) is 0 Å². The number of hydrogen-bond acceptors (Lipinski definition) is 4. The molecule has 0 unspecified atom stereocenters. The first-order valence-corrected chi connectivity index (χ1v) is 9.97. The Morgan fingerprint density at radius 2 is 1.79 bits per heavy atom. The van der Waals surface area contributed by atoms with Crippen molar-refractivity contribution in [2.75, 3.05) is 18.5 Å². The maximum Gasteiger partial charge on any atom is 0.262 e. The summed E-state index contributed by atoms with van der Waals surface area (Å²) in [7, 11) is 0. The van der Waals surface area contributed by atoms with Crippen molar-refractivity contribution in [3.8, 4) is 11.5 Å². The molecule has 0 bridgehead atoms.